The molecule has 1 rings (SSSR count). The standard InChI is InChI=1S/C11H13NO6S/c13-10-4-3-9(6-8(10)7-19)18-11(14)2-1-5-17-12(15)16/h3-4,6,13,19H,1-2,5,7H2. The second kappa shape index (κ2) is 7.47. The number of aromatic hydroxyl groups is 1. The third-order valence-electron chi connectivity index (χ3n) is 2.17. The van der Waals surface area contributed by atoms with Crippen LogP contribution < -0.4 is 4.74 Å². The molecule has 0 amide bonds. The van der Waals surface area contributed by atoms with Gasteiger partial charge in [0.15, 0.2) is 0 Å². The topological polar surface area (TPSA) is 98.9 Å². The van der Waals surface area contributed by atoms with E-state index in [2.05, 4.69) is 17.5 Å². The zero-order valence-electron chi connectivity index (χ0n) is 9.94. The van der Waals surface area contributed by atoms with E-state index >= 15 is 0 Å². The summed E-state index contributed by atoms with van der Waals surface area (Å²) in [6.45, 7) is -0.153. The predicted octanol–water partition coefficient (Wildman–Crippen LogP) is 1.72. The van der Waals surface area contributed by atoms with E-state index in [1.807, 2.05) is 0 Å². The molecule has 0 aliphatic rings. The molecule has 1 aromatic rings. The van der Waals surface area contributed by atoms with Gasteiger partial charge in [0.1, 0.15) is 11.5 Å². The molecule has 0 unspecified atom stereocenters. The molecule has 0 aliphatic carbocycles. The lowest BCUT2D eigenvalue weighted by Gasteiger charge is -2.07. The van der Waals surface area contributed by atoms with Crippen molar-refractivity contribution in [2.24, 2.45) is 0 Å². The van der Waals surface area contributed by atoms with E-state index in [-0.39, 0.29) is 25.2 Å². The number of hydrogen-bond donors (Lipinski definition) is 2. The summed E-state index contributed by atoms with van der Waals surface area (Å²) >= 11 is 4.03. The van der Waals surface area contributed by atoms with E-state index in [0.29, 0.717) is 17.1 Å². The second-order valence-electron chi connectivity index (χ2n) is 3.58. The van der Waals surface area contributed by atoms with E-state index in [1.54, 1.807) is 0 Å². The van der Waals surface area contributed by atoms with Crippen LogP contribution in [0.5, 0.6) is 11.5 Å². The Bertz CT molecular complexity index is 464. The fraction of sp³-hybridized carbons (Fsp3) is 0.364. The van der Waals surface area contributed by atoms with Gasteiger partial charge in [-0.2, -0.15) is 12.6 Å². The molecule has 0 fully saturated rings. The SMILES string of the molecule is O=C(CCCO[N+](=O)[O-])Oc1ccc(O)c(CS)c1. The lowest BCUT2D eigenvalue weighted by atomic mass is 10.2. The van der Waals surface area contributed by atoms with Crippen LogP contribution in [-0.2, 0) is 15.4 Å². The molecule has 0 atom stereocenters. The minimum Gasteiger partial charge on any atom is -0.508 e. The molecule has 0 aliphatic heterocycles. The third kappa shape index (κ3) is 5.47. The van der Waals surface area contributed by atoms with E-state index in [9.17, 15) is 20.0 Å². The van der Waals surface area contributed by atoms with Crippen molar-refractivity contribution in [1.82, 2.24) is 0 Å². The molecule has 0 heterocycles. The van der Waals surface area contributed by atoms with Crippen LogP contribution in [-0.4, -0.2) is 22.8 Å². The lowest BCUT2D eigenvalue weighted by molar-refractivity contribution is -0.757. The van der Waals surface area contributed by atoms with Crippen LogP contribution >= 0.6 is 12.6 Å². The molecule has 0 radical (unpaired) electrons. The first kappa shape index (κ1) is 15.1. The van der Waals surface area contributed by atoms with Crippen molar-refractivity contribution in [3.05, 3.63) is 33.9 Å². The Hall–Kier alpha value is -1.96. The van der Waals surface area contributed by atoms with E-state index in [4.69, 9.17) is 4.74 Å². The average molecular weight is 287 g/mol. The van der Waals surface area contributed by atoms with E-state index in [1.165, 1.54) is 18.2 Å². The molecular formula is C11H13NO6S. The van der Waals surface area contributed by atoms with Crippen molar-refractivity contribution in [2.75, 3.05) is 6.61 Å². The van der Waals surface area contributed by atoms with Gasteiger partial charge in [0.05, 0.1) is 6.61 Å². The largest absolute Gasteiger partial charge is 0.508 e. The van der Waals surface area contributed by atoms with Gasteiger partial charge in [-0.1, -0.05) is 0 Å². The van der Waals surface area contributed by atoms with Gasteiger partial charge in [-0.15, -0.1) is 10.1 Å². The molecule has 0 bridgehead atoms. The Kier molecular flexibility index (Phi) is 5.94. The maximum atomic E-state index is 11.4. The molecule has 0 saturated heterocycles. The van der Waals surface area contributed by atoms with Crippen molar-refractivity contribution in [1.29, 1.82) is 0 Å². The summed E-state index contributed by atoms with van der Waals surface area (Å²) in [5, 5.41) is 18.4. The monoisotopic (exact) mass is 287 g/mol. The molecule has 1 aromatic carbocycles. The Morgan fingerprint density at radius 2 is 2.21 bits per heavy atom. The van der Waals surface area contributed by atoms with Crippen molar-refractivity contribution in [3.8, 4) is 11.5 Å². The number of ether oxygens (including phenoxy) is 1. The first-order chi connectivity index (χ1) is 9.02. The highest BCUT2D eigenvalue weighted by Gasteiger charge is 2.08. The number of rotatable bonds is 7. The number of hydrogen-bond acceptors (Lipinski definition) is 7. The van der Waals surface area contributed by atoms with Gasteiger partial charge in [-0.25, -0.2) is 0 Å². The highest BCUT2D eigenvalue weighted by Crippen LogP contribution is 2.24. The second-order valence-corrected chi connectivity index (χ2v) is 3.90. The number of benzene rings is 1. The summed E-state index contributed by atoms with van der Waals surface area (Å²) in [6, 6.07) is 4.37. The maximum Gasteiger partial charge on any atom is 0.311 e. The Labute approximate surface area is 114 Å². The summed E-state index contributed by atoms with van der Waals surface area (Å²) in [6.07, 6.45) is 0.197. The lowest BCUT2D eigenvalue weighted by Crippen LogP contribution is -2.10. The summed E-state index contributed by atoms with van der Waals surface area (Å²) in [5.41, 5.74) is 0.547. The fourth-order valence-corrected chi connectivity index (χ4v) is 1.54. The van der Waals surface area contributed by atoms with E-state index < -0.39 is 11.1 Å². The first-order valence-electron chi connectivity index (χ1n) is 5.43. The van der Waals surface area contributed by atoms with Crippen LogP contribution in [0.1, 0.15) is 18.4 Å². The summed E-state index contributed by atoms with van der Waals surface area (Å²) in [5.74, 6) is 0.160. The molecule has 19 heavy (non-hydrogen) atoms. The number of carbonyl (C=O) groups excluding carboxylic acids is 1. The van der Waals surface area contributed by atoms with Crippen LogP contribution in [0, 0.1) is 10.1 Å². The quantitative estimate of drug-likeness (QED) is 0.198. The van der Waals surface area contributed by atoms with Crippen molar-refractivity contribution < 1.29 is 24.6 Å². The van der Waals surface area contributed by atoms with Crippen LogP contribution in [0.3, 0.4) is 0 Å². The molecule has 0 aromatic heterocycles. The van der Waals surface area contributed by atoms with Gasteiger partial charge in [0, 0.05) is 17.7 Å². The smallest absolute Gasteiger partial charge is 0.311 e. The molecular weight excluding hydrogens is 274 g/mol. The first-order valence-corrected chi connectivity index (χ1v) is 6.07. The third-order valence-corrected chi connectivity index (χ3v) is 2.52. The Morgan fingerprint density at radius 1 is 1.47 bits per heavy atom. The van der Waals surface area contributed by atoms with Gasteiger partial charge in [-0.05, 0) is 24.6 Å². The molecule has 0 saturated carbocycles. The van der Waals surface area contributed by atoms with Crippen molar-refractivity contribution in [3.63, 3.8) is 0 Å². The average Bonchev–Trinajstić information content (AvgIpc) is 2.37. The summed E-state index contributed by atoms with van der Waals surface area (Å²) in [7, 11) is 0. The number of esters is 1. The van der Waals surface area contributed by atoms with Crippen molar-refractivity contribution >= 4 is 18.6 Å². The normalized spacial score (nSPS) is 9.95. The minimum absolute atomic E-state index is 0.00489. The number of nitrogens with zero attached hydrogens (tertiary/aromatic N) is 1. The molecule has 7 nitrogen and oxygen atoms in total. The van der Waals surface area contributed by atoms with Gasteiger partial charge in [0.25, 0.3) is 5.09 Å². The number of carbonyl (C=O) groups is 1. The molecule has 1 N–H and O–H groups in total. The highest BCUT2D eigenvalue weighted by molar-refractivity contribution is 7.79. The van der Waals surface area contributed by atoms with Crippen molar-refractivity contribution in [2.45, 2.75) is 18.6 Å². The van der Waals surface area contributed by atoms with Crippen LogP contribution in [0.2, 0.25) is 0 Å². The number of phenols is 1. The fourth-order valence-electron chi connectivity index (χ4n) is 1.29. The van der Waals surface area contributed by atoms with Crippen LogP contribution in [0.4, 0.5) is 0 Å². The number of phenolic OH excluding ortho intramolecular Hbond substituents is 1. The zero-order chi connectivity index (χ0) is 14.3. The molecule has 0 spiro atoms. The van der Waals surface area contributed by atoms with E-state index in [0.717, 1.165) is 0 Å². The molecule has 104 valence electrons. The van der Waals surface area contributed by atoms with Gasteiger partial charge < -0.3 is 14.7 Å². The summed E-state index contributed by atoms with van der Waals surface area (Å²) < 4.78 is 5.01. The molecule has 8 heteroatoms. The maximum absolute atomic E-state index is 11.4. The van der Waals surface area contributed by atoms with Gasteiger partial charge >= 0.3 is 5.97 Å². The summed E-state index contributed by atoms with van der Waals surface area (Å²) in [4.78, 5) is 25.4. The highest BCUT2D eigenvalue weighted by atomic mass is 32.1. The van der Waals surface area contributed by atoms with Gasteiger partial charge in [0.2, 0.25) is 0 Å². The predicted molar refractivity (Wildman–Crippen MR) is 68.6 cm³/mol. The van der Waals surface area contributed by atoms with Crippen LogP contribution in [0.25, 0.3) is 0 Å². The number of thiol groups is 1. The van der Waals surface area contributed by atoms with Crippen LogP contribution in [0.15, 0.2) is 18.2 Å². The Balaban J connectivity index is 2.42. The van der Waals surface area contributed by atoms with Gasteiger partial charge in [-0.3, -0.25) is 4.79 Å². The minimum atomic E-state index is -0.912. The Morgan fingerprint density at radius 3 is 2.84 bits per heavy atom. The zero-order valence-corrected chi connectivity index (χ0v) is 10.8.